The number of aliphatic hydroxyl groups is 1. The molecule has 0 unspecified atom stereocenters. The second kappa shape index (κ2) is 10.2. The molecule has 0 aliphatic rings. The molecule has 0 spiro atoms. The molecule has 0 radical (unpaired) electrons. The maximum absolute atomic E-state index is 8.83. The maximum Gasteiger partial charge on any atom is 0.119 e. The van der Waals surface area contributed by atoms with Gasteiger partial charge in [-0.15, -0.1) is 0 Å². The Hall–Kier alpha value is -1.54. The van der Waals surface area contributed by atoms with Crippen LogP contribution in [0, 0.1) is 11.8 Å². The molecule has 0 saturated heterocycles. The van der Waals surface area contributed by atoms with Gasteiger partial charge in [-0.2, -0.15) is 0 Å². The zero-order valence-electron chi connectivity index (χ0n) is 13.2. The number of methoxy groups -OCH3 is 2. The predicted molar refractivity (Wildman–Crippen MR) is 84.4 cm³/mol. The van der Waals surface area contributed by atoms with E-state index in [1.165, 1.54) is 0 Å². The van der Waals surface area contributed by atoms with Crippen molar-refractivity contribution in [2.24, 2.45) is 0 Å². The predicted octanol–water partition coefficient (Wildman–Crippen LogP) is 1.90. The van der Waals surface area contributed by atoms with Gasteiger partial charge >= 0.3 is 0 Å². The molecule has 116 valence electrons. The van der Waals surface area contributed by atoms with E-state index in [9.17, 15) is 0 Å². The van der Waals surface area contributed by atoms with Crippen LogP contribution in [-0.2, 0) is 11.3 Å². The second-order valence-corrected chi connectivity index (χ2v) is 4.66. The Labute approximate surface area is 127 Å². The molecule has 0 aliphatic carbocycles. The minimum absolute atomic E-state index is 0.0907. The van der Waals surface area contributed by atoms with Crippen molar-refractivity contribution in [2.45, 2.75) is 19.9 Å². The lowest BCUT2D eigenvalue weighted by atomic mass is 10.1. The van der Waals surface area contributed by atoms with E-state index in [4.69, 9.17) is 14.6 Å². The molecular weight excluding hydrogens is 266 g/mol. The van der Waals surface area contributed by atoms with Gasteiger partial charge in [0, 0.05) is 32.2 Å². The summed E-state index contributed by atoms with van der Waals surface area (Å²) in [4.78, 5) is 2.30. The molecule has 4 heteroatoms. The van der Waals surface area contributed by atoms with Gasteiger partial charge in [0.15, 0.2) is 0 Å². The largest absolute Gasteiger partial charge is 0.497 e. The van der Waals surface area contributed by atoms with Crippen LogP contribution in [0.5, 0.6) is 5.75 Å². The van der Waals surface area contributed by atoms with Gasteiger partial charge < -0.3 is 14.6 Å². The van der Waals surface area contributed by atoms with Crippen molar-refractivity contribution in [3.8, 4) is 17.6 Å². The van der Waals surface area contributed by atoms with E-state index in [0.29, 0.717) is 13.0 Å². The first-order chi connectivity index (χ1) is 10.2. The molecule has 0 atom stereocenters. The standard InChI is InChI=1S/C17H25NO3/c1-4-18(10-12-20-2)14-16-13-17(21-3)9-8-15(16)7-5-6-11-19/h8-9,13,19H,4,6,10-12,14H2,1-3H3. The van der Waals surface area contributed by atoms with E-state index < -0.39 is 0 Å². The molecule has 0 amide bonds. The van der Waals surface area contributed by atoms with Crippen LogP contribution < -0.4 is 4.74 Å². The molecule has 1 rings (SSSR count). The Morgan fingerprint density at radius 2 is 2.10 bits per heavy atom. The van der Waals surface area contributed by atoms with Gasteiger partial charge in [-0.3, -0.25) is 4.90 Å². The molecule has 1 N–H and O–H groups in total. The Balaban J connectivity index is 2.92. The lowest BCUT2D eigenvalue weighted by Gasteiger charge is -2.21. The Morgan fingerprint density at radius 1 is 1.29 bits per heavy atom. The Morgan fingerprint density at radius 3 is 2.71 bits per heavy atom. The second-order valence-electron chi connectivity index (χ2n) is 4.66. The van der Waals surface area contributed by atoms with Gasteiger partial charge in [-0.1, -0.05) is 18.8 Å². The van der Waals surface area contributed by atoms with Crippen molar-refractivity contribution < 1.29 is 14.6 Å². The van der Waals surface area contributed by atoms with E-state index in [2.05, 4.69) is 23.7 Å². The molecule has 21 heavy (non-hydrogen) atoms. The van der Waals surface area contributed by atoms with Crippen LogP contribution >= 0.6 is 0 Å². The normalized spacial score (nSPS) is 10.3. The highest BCUT2D eigenvalue weighted by molar-refractivity contribution is 5.45. The van der Waals surface area contributed by atoms with Crippen molar-refractivity contribution in [2.75, 3.05) is 40.5 Å². The molecule has 0 saturated carbocycles. The fraction of sp³-hybridized carbons (Fsp3) is 0.529. The van der Waals surface area contributed by atoms with Crippen LogP contribution in [0.3, 0.4) is 0 Å². The van der Waals surface area contributed by atoms with Gasteiger partial charge in [-0.05, 0) is 30.3 Å². The Bertz CT molecular complexity index is 477. The van der Waals surface area contributed by atoms with Crippen LogP contribution in [0.1, 0.15) is 24.5 Å². The Kier molecular flexibility index (Phi) is 8.53. The average Bonchev–Trinajstić information content (AvgIpc) is 2.52. The smallest absolute Gasteiger partial charge is 0.119 e. The number of aliphatic hydroxyl groups excluding tert-OH is 1. The third kappa shape index (κ3) is 6.17. The molecular formula is C17H25NO3. The van der Waals surface area contributed by atoms with E-state index in [1.807, 2.05) is 18.2 Å². The van der Waals surface area contributed by atoms with Crippen LogP contribution in [0.2, 0.25) is 0 Å². The molecule has 1 aromatic carbocycles. The van der Waals surface area contributed by atoms with Crippen molar-refractivity contribution in [3.63, 3.8) is 0 Å². The molecule has 1 aromatic rings. The summed E-state index contributed by atoms with van der Waals surface area (Å²) in [7, 11) is 3.38. The maximum atomic E-state index is 8.83. The number of benzene rings is 1. The van der Waals surface area contributed by atoms with Crippen LogP contribution in [0.25, 0.3) is 0 Å². The highest BCUT2D eigenvalue weighted by atomic mass is 16.5. The van der Waals surface area contributed by atoms with Gasteiger partial charge in [0.2, 0.25) is 0 Å². The molecule has 4 nitrogen and oxygen atoms in total. The summed E-state index contributed by atoms with van der Waals surface area (Å²) < 4.78 is 10.4. The summed E-state index contributed by atoms with van der Waals surface area (Å²) >= 11 is 0. The summed E-state index contributed by atoms with van der Waals surface area (Å²) in [6.45, 7) is 5.57. The lowest BCUT2D eigenvalue weighted by Crippen LogP contribution is -2.27. The SMILES string of the molecule is CCN(CCOC)Cc1cc(OC)ccc1C#CCCO. The van der Waals surface area contributed by atoms with Gasteiger partial charge in [0.25, 0.3) is 0 Å². The summed E-state index contributed by atoms with van der Waals surface area (Å²) in [5.74, 6) is 6.94. The minimum Gasteiger partial charge on any atom is -0.497 e. The minimum atomic E-state index is 0.0907. The third-order valence-corrected chi connectivity index (χ3v) is 3.23. The van der Waals surface area contributed by atoms with Gasteiger partial charge in [0.05, 0.1) is 20.3 Å². The first-order valence-corrected chi connectivity index (χ1v) is 7.23. The molecule has 0 fully saturated rings. The van der Waals surface area contributed by atoms with Crippen LogP contribution in [0.15, 0.2) is 18.2 Å². The first kappa shape index (κ1) is 17.5. The number of likely N-dealkylation sites (N-methyl/N-ethyl adjacent to an activating group) is 1. The molecule has 0 aliphatic heterocycles. The summed E-state index contributed by atoms with van der Waals surface area (Å²) in [6, 6.07) is 5.92. The summed E-state index contributed by atoms with van der Waals surface area (Å²) in [5.41, 5.74) is 2.12. The van der Waals surface area contributed by atoms with E-state index in [-0.39, 0.29) is 6.61 Å². The topological polar surface area (TPSA) is 41.9 Å². The van der Waals surface area contributed by atoms with Crippen molar-refractivity contribution in [1.82, 2.24) is 4.90 Å². The van der Waals surface area contributed by atoms with Gasteiger partial charge in [0.1, 0.15) is 5.75 Å². The number of hydrogen-bond acceptors (Lipinski definition) is 4. The van der Waals surface area contributed by atoms with Gasteiger partial charge in [-0.25, -0.2) is 0 Å². The summed E-state index contributed by atoms with van der Waals surface area (Å²) in [5, 5.41) is 8.83. The molecule has 0 heterocycles. The number of rotatable bonds is 8. The summed E-state index contributed by atoms with van der Waals surface area (Å²) in [6.07, 6.45) is 0.493. The monoisotopic (exact) mass is 291 g/mol. The lowest BCUT2D eigenvalue weighted by molar-refractivity contribution is 0.147. The molecule has 0 bridgehead atoms. The van der Waals surface area contributed by atoms with Crippen molar-refractivity contribution in [3.05, 3.63) is 29.3 Å². The quantitative estimate of drug-likeness (QED) is 0.743. The third-order valence-electron chi connectivity index (χ3n) is 3.23. The molecule has 0 aromatic heterocycles. The van der Waals surface area contributed by atoms with E-state index in [0.717, 1.165) is 36.5 Å². The van der Waals surface area contributed by atoms with Crippen molar-refractivity contribution >= 4 is 0 Å². The fourth-order valence-electron chi connectivity index (χ4n) is 1.97. The van der Waals surface area contributed by atoms with E-state index in [1.54, 1.807) is 14.2 Å². The number of nitrogens with zero attached hydrogens (tertiary/aromatic N) is 1. The number of ether oxygens (including phenoxy) is 2. The first-order valence-electron chi connectivity index (χ1n) is 7.23. The van der Waals surface area contributed by atoms with Crippen LogP contribution in [-0.4, -0.2) is 50.5 Å². The fourth-order valence-corrected chi connectivity index (χ4v) is 1.97. The van der Waals surface area contributed by atoms with Crippen LogP contribution in [0.4, 0.5) is 0 Å². The highest BCUT2D eigenvalue weighted by Crippen LogP contribution is 2.19. The zero-order chi connectivity index (χ0) is 15.5. The van der Waals surface area contributed by atoms with E-state index >= 15 is 0 Å². The average molecular weight is 291 g/mol. The highest BCUT2D eigenvalue weighted by Gasteiger charge is 2.08. The zero-order valence-corrected chi connectivity index (χ0v) is 13.2. The van der Waals surface area contributed by atoms with Crippen molar-refractivity contribution in [1.29, 1.82) is 0 Å². The number of hydrogen-bond donors (Lipinski definition) is 1.